The second kappa shape index (κ2) is 7.46. The van der Waals surface area contributed by atoms with Gasteiger partial charge in [0.1, 0.15) is 5.75 Å². The molecular weight excluding hydrogens is 382 g/mol. The molecule has 1 aromatic heterocycles. The van der Waals surface area contributed by atoms with Crippen LogP contribution in [0.2, 0.25) is 0 Å². The monoisotopic (exact) mass is 401 g/mol. The van der Waals surface area contributed by atoms with E-state index in [9.17, 15) is 8.42 Å². The molecule has 6 nitrogen and oxygen atoms in total. The lowest BCUT2D eigenvalue weighted by Crippen LogP contribution is -2.25. The highest BCUT2D eigenvalue weighted by atomic mass is 79.9. The summed E-state index contributed by atoms with van der Waals surface area (Å²) < 4.78 is 34.9. The van der Waals surface area contributed by atoms with Crippen LogP contribution in [-0.4, -0.2) is 31.9 Å². The minimum absolute atomic E-state index is 0.229. The van der Waals surface area contributed by atoms with Crippen LogP contribution in [-0.2, 0) is 16.6 Å². The van der Waals surface area contributed by atoms with Gasteiger partial charge in [0.05, 0.1) is 22.2 Å². The highest BCUT2D eigenvalue weighted by molar-refractivity contribution is 9.10. The minimum atomic E-state index is -3.50. The molecule has 8 heteroatoms. The van der Waals surface area contributed by atoms with Crippen LogP contribution in [0.25, 0.3) is 0 Å². The molecule has 0 aliphatic rings. The standard InChI is InChI=1S/C15H20BrN3O3S/c1-11-15(16)12(2)19(18-11)10-4-9-17-23(20,21)14-7-5-13(22-3)6-8-14/h5-8,17H,4,9-10H2,1-3H3. The summed E-state index contributed by atoms with van der Waals surface area (Å²) in [7, 11) is -1.96. The van der Waals surface area contributed by atoms with Crippen LogP contribution in [0.5, 0.6) is 5.75 Å². The van der Waals surface area contributed by atoms with Crippen molar-refractivity contribution in [3.8, 4) is 5.75 Å². The van der Waals surface area contributed by atoms with E-state index in [0.29, 0.717) is 25.3 Å². The third-order valence-electron chi connectivity index (χ3n) is 3.50. The number of halogens is 1. The molecule has 0 unspecified atom stereocenters. The Bertz CT molecular complexity index is 770. The average Bonchev–Trinajstić information content (AvgIpc) is 2.79. The fourth-order valence-corrected chi connectivity index (χ4v) is 3.52. The molecule has 0 aliphatic heterocycles. The van der Waals surface area contributed by atoms with E-state index in [1.165, 1.54) is 12.1 Å². The van der Waals surface area contributed by atoms with Gasteiger partial charge in [-0.05, 0) is 60.5 Å². The fourth-order valence-electron chi connectivity index (χ4n) is 2.17. The summed E-state index contributed by atoms with van der Waals surface area (Å²) in [5.74, 6) is 0.624. The summed E-state index contributed by atoms with van der Waals surface area (Å²) in [5.41, 5.74) is 1.97. The van der Waals surface area contributed by atoms with Crippen molar-refractivity contribution in [1.82, 2.24) is 14.5 Å². The molecule has 2 aromatic rings. The third-order valence-corrected chi connectivity index (χ3v) is 6.13. The van der Waals surface area contributed by atoms with Gasteiger partial charge in [0.15, 0.2) is 0 Å². The highest BCUT2D eigenvalue weighted by Crippen LogP contribution is 2.20. The van der Waals surface area contributed by atoms with Crippen molar-refractivity contribution in [2.75, 3.05) is 13.7 Å². The Morgan fingerprint density at radius 1 is 1.26 bits per heavy atom. The molecule has 1 aromatic carbocycles. The molecule has 0 aliphatic carbocycles. The Hall–Kier alpha value is -1.38. The van der Waals surface area contributed by atoms with Gasteiger partial charge in [-0.1, -0.05) is 0 Å². The first-order valence-corrected chi connectivity index (χ1v) is 9.46. The molecule has 0 saturated heterocycles. The Morgan fingerprint density at radius 3 is 2.43 bits per heavy atom. The van der Waals surface area contributed by atoms with E-state index < -0.39 is 10.0 Å². The second-order valence-electron chi connectivity index (χ2n) is 5.13. The summed E-state index contributed by atoms with van der Waals surface area (Å²) in [5, 5.41) is 4.40. The van der Waals surface area contributed by atoms with Gasteiger partial charge >= 0.3 is 0 Å². The molecular formula is C15H20BrN3O3S. The van der Waals surface area contributed by atoms with E-state index in [1.807, 2.05) is 18.5 Å². The van der Waals surface area contributed by atoms with Crippen molar-refractivity contribution in [1.29, 1.82) is 0 Å². The summed E-state index contributed by atoms with van der Waals surface area (Å²) in [6.07, 6.45) is 0.657. The predicted octanol–water partition coefficient (Wildman–Crippen LogP) is 2.64. The van der Waals surface area contributed by atoms with Crippen molar-refractivity contribution < 1.29 is 13.2 Å². The van der Waals surface area contributed by atoms with E-state index in [-0.39, 0.29) is 4.90 Å². The van der Waals surface area contributed by atoms with Crippen molar-refractivity contribution in [2.24, 2.45) is 0 Å². The van der Waals surface area contributed by atoms with Crippen molar-refractivity contribution in [2.45, 2.75) is 31.7 Å². The average molecular weight is 402 g/mol. The van der Waals surface area contributed by atoms with Gasteiger partial charge < -0.3 is 4.74 Å². The van der Waals surface area contributed by atoms with Crippen molar-refractivity contribution >= 4 is 26.0 Å². The number of aryl methyl sites for hydroxylation is 2. The Kier molecular flexibility index (Phi) is 5.83. The lowest BCUT2D eigenvalue weighted by atomic mass is 10.3. The third kappa shape index (κ3) is 4.33. The van der Waals surface area contributed by atoms with Gasteiger partial charge in [0.2, 0.25) is 10.0 Å². The molecule has 126 valence electrons. The van der Waals surface area contributed by atoms with Gasteiger partial charge in [-0.25, -0.2) is 13.1 Å². The maximum absolute atomic E-state index is 12.2. The molecule has 0 amide bonds. The maximum atomic E-state index is 12.2. The van der Waals surface area contributed by atoms with Crippen LogP contribution in [0, 0.1) is 13.8 Å². The number of benzene rings is 1. The first-order valence-electron chi connectivity index (χ1n) is 7.18. The van der Waals surface area contributed by atoms with Gasteiger partial charge in [-0.2, -0.15) is 5.10 Å². The van der Waals surface area contributed by atoms with E-state index in [4.69, 9.17) is 4.74 Å². The van der Waals surface area contributed by atoms with E-state index in [2.05, 4.69) is 25.8 Å². The van der Waals surface area contributed by atoms with Crippen LogP contribution < -0.4 is 9.46 Å². The number of methoxy groups -OCH3 is 1. The van der Waals surface area contributed by atoms with Crippen LogP contribution in [0.3, 0.4) is 0 Å². The molecule has 0 saturated carbocycles. The normalized spacial score (nSPS) is 11.7. The van der Waals surface area contributed by atoms with Crippen LogP contribution in [0.1, 0.15) is 17.8 Å². The minimum Gasteiger partial charge on any atom is -0.497 e. The zero-order valence-electron chi connectivity index (χ0n) is 13.3. The van der Waals surface area contributed by atoms with Crippen molar-refractivity contribution in [3.05, 3.63) is 40.1 Å². The second-order valence-corrected chi connectivity index (χ2v) is 7.69. The Morgan fingerprint density at radius 2 is 1.91 bits per heavy atom. The number of nitrogens with zero attached hydrogens (tertiary/aromatic N) is 2. The van der Waals surface area contributed by atoms with E-state index >= 15 is 0 Å². The quantitative estimate of drug-likeness (QED) is 0.723. The molecule has 23 heavy (non-hydrogen) atoms. The van der Waals surface area contributed by atoms with Gasteiger partial charge in [-0.3, -0.25) is 4.68 Å². The number of aromatic nitrogens is 2. The molecule has 0 radical (unpaired) electrons. The number of nitrogens with one attached hydrogen (secondary N) is 1. The zero-order valence-corrected chi connectivity index (χ0v) is 15.7. The van der Waals surface area contributed by atoms with Gasteiger partial charge in [0.25, 0.3) is 0 Å². The van der Waals surface area contributed by atoms with Crippen LogP contribution in [0.15, 0.2) is 33.6 Å². The lowest BCUT2D eigenvalue weighted by molar-refractivity contribution is 0.414. The number of hydrogen-bond donors (Lipinski definition) is 1. The van der Waals surface area contributed by atoms with Gasteiger partial charge in [-0.15, -0.1) is 0 Å². The summed E-state index contributed by atoms with van der Waals surface area (Å²) in [4.78, 5) is 0.229. The Balaban J connectivity index is 1.90. The van der Waals surface area contributed by atoms with E-state index in [1.54, 1.807) is 19.2 Å². The summed E-state index contributed by atoms with van der Waals surface area (Å²) in [6.45, 7) is 4.92. The molecule has 2 rings (SSSR count). The largest absolute Gasteiger partial charge is 0.497 e. The highest BCUT2D eigenvalue weighted by Gasteiger charge is 2.13. The number of rotatable bonds is 7. The number of sulfonamides is 1. The van der Waals surface area contributed by atoms with E-state index in [0.717, 1.165) is 15.9 Å². The first kappa shape index (κ1) is 18.0. The summed E-state index contributed by atoms with van der Waals surface area (Å²) >= 11 is 3.48. The maximum Gasteiger partial charge on any atom is 0.240 e. The molecule has 0 spiro atoms. The Labute approximate surface area is 145 Å². The predicted molar refractivity (Wildman–Crippen MR) is 92.2 cm³/mol. The SMILES string of the molecule is COc1ccc(S(=O)(=O)NCCCn2nc(C)c(Br)c2C)cc1. The number of ether oxygens (including phenoxy) is 1. The first-order chi connectivity index (χ1) is 10.8. The van der Waals surface area contributed by atoms with Crippen LogP contribution in [0.4, 0.5) is 0 Å². The molecule has 1 heterocycles. The fraction of sp³-hybridized carbons (Fsp3) is 0.400. The topological polar surface area (TPSA) is 73.2 Å². The van der Waals surface area contributed by atoms with Crippen LogP contribution >= 0.6 is 15.9 Å². The number of hydrogen-bond acceptors (Lipinski definition) is 4. The molecule has 0 fully saturated rings. The molecule has 1 N–H and O–H groups in total. The zero-order chi connectivity index (χ0) is 17.0. The molecule has 0 bridgehead atoms. The van der Waals surface area contributed by atoms with Crippen molar-refractivity contribution in [3.63, 3.8) is 0 Å². The lowest BCUT2D eigenvalue weighted by Gasteiger charge is -2.08. The summed E-state index contributed by atoms with van der Waals surface area (Å²) in [6, 6.07) is 6.31. The smallest absolute Gasteiger partial charge is 0.240 e. The van der Waals surface area contributed by atoms with Gasteiger partial charge in [0, 0.05) is 18.8 Å². The molecule has 0 atom stereocenters.